The number of amides is 1. The molecule has 3 heterocycles. The first kappa shape index (κ1) is 16.7. The molecule has 1 saturated heterocycles. The first-order valence-corrected chi connectivity index (χ1v) is 10.1. The third kappa shape index (κ3) is 3.59. The van der Waals surface area contributed by atoms with Gasteiger partial charge in [0.05, 0.1) is 11.8 Å². The molecule has 0 saturated carbocycles. The second kappa shape index (κ2) is 7.21. The minimum atomic E-state index is 0.111. The predicted octanol–water partition coefficient (Wildman–Crippen LogP) is 3.07. The second-order valence-corrected chi connectivity index (χ2v) is 8.43. The van der Waals surface area contributed by atoms with Gasteiger partial charge >= 0.3 is 0 Å². The first-order valence-electron chi connectivity index (χ1n) is 8.32. The van der Waals surface area contributed by atoms with Crippen molar-refractivity contribution >= 4 is 29.0 Å². The summed E-state index contributed by atoms with van der Waals surface area (Å²) in [6, 6.07) is 6.13. The Morgan fingerprint density at radius 1 is 1.32 bits per heavy atom. The Hall–Kier alpha value is -1.80. The molecule has 1 unspecified atom stereocenters. The second-order valence-electron chi connectivity index (χ2n) is 6.02. The van der Waals surface area contributed by atoms with Crippen molar-refractivity contribution < 1.29 is 14.3 Å². The van der Waals surface area contributed by atoms with Crippen LogP contribution < -0.4 is 9.47 Å². The van der Waals surface area contributed by atoms with E-state index in [0.717, 1.165) is 45.8 Å². The number of aromatic nitrogens is 2. The Morgan fingerprint density at radius 2 is 2.16 bits per heavy atom. The fraction of sp³-hybridized carbons (Fsp3) is 0.471. The van der Waals surface area contributed by atoms with Crippen LogP contribution in [0.4, 0.5) is 0 Å². The summed E-state index contributed by atoms with van der Waals surface area (Å²) in [7, 11) is 0. The lowest BCUT2D eigenvalue weighted by Gasteiger charge is -2.26. The Kier molecular flexibility index (Phi) is 4.80. The number of aryl methyl sites for hydroxylation is 1. The van der Waals surface area contributed by atoms with Gasteiger partial charge in [-0.05, 0) is 37.5 Å². The monoisotopic (exact) mass is 377 g/mol. The van der Waals surface area contributed by atoms with Gasteiger partial charge in [0.25, 0.3) is 0 Å². The quantitative estimate of drug-likeness (QED) is 0.763. The van der Waals surface area contributed by atoms with Gasteiger partial charge in [-0.3, -0.25) is 4.79 Å². The molecule has 1 aromatic heterocycles. The van der Waals surface area contributed by atoms with E-state index in [9.17, 15) is 4.79 Å². The molecule has 2 aliphatic rings. The number of rotatable bonds is 4. The van der Waals surface area contributed by atoms with Crippen LogP contribution in [0.5, 0.6) is 11.5 Å². The SMILES string of the molecule is Cc1nnc(SCC(=O)N2CCCC2c2ccc3c(c2)OCCO3)s1. The van der Waals surface area contributed by atoms with E-state index in [1.165, 1.54) is 23.1 Å². The summed E-state index contributed by atoms with van der Waals surface area (Å²) < 4.78 is 12.1. The van der Waals surface area contributed by atoms with Gasteiger partial charge in [0.1, 0.15) is 18.2 Å². The van der Waals surface area contributed by atoms with Gasteiger partial charge in [-0.2, -0.15) is 0 Å². The van der Waals surface area contributed by atoms with Crippen molar-refractivity contribution in [3.8, 4) is 11.5 Å². The van der Waals surface area contributed by atoms with Crippen LogP contribution in [0.25, 0.3) is 0 Å². The van der Waals surface area contributed by atoms with E-state index < -0.39 is 0 Å². The third-order valence-electron chi connectivity index (χ3n) is 4.35. The molecule has 1 atom stereocenters. The molecule has 6 nitrogen and oxygen atoms in total. The summed E-state index contributed by atoms with van der Waals surface area (Å²) in [6.45, 7) is 3.87. The molecule has 2 aliphatic heterocycles. The number of nitrogens with zero attached hydrogens (tertiary/aromatic N) is 3. The molecule has 1 aromatic carbocycles. The predicted molar refractivity (Wildman–Crippen MR) is 96.5 cm³/mol. The molecular formula is C17H19N3O3S2. The molecule has 8 heteroatoms. The van der Waals surface area contributed by atoms with Crippen LogP contribution in [0.3, 0.4) is 0 Å². The maximum Gasteiger partial charge on any atom is 0.233 e. The molecule has 4 rings (SSSR count). The summed E-state index contributed by atoms with van der Waals surface area (Å²) in [6.07, 6.45) is 2.00. The number of hydrogen-bond acceptors (Lipinski definition) is 7. The fourth-order valence-corrected chi connectivity index (χ4v) is 4.92. The van der Waals surface area contributed by atoms with E-state index in [1.807, 2.05) is 30.0 Å². The molecule has 1 amide bonds. The van der Waals surface area contributed by atoms with E-state index in [2.05, 4.69) is 10.2 Å². The molecule has 0 spiro atoms. The van der Waals surface area contributed by atoms with Gasteiger partial charge in [0.2, 0.25) is 5.91 Å². The third-order valence-corrected chi connectivity index (χ3v) is 6.31. The molecular weight excluding hydrogens is 358 g/mol. The van der Waals surface area contributed by atoms with Crippen molar-refractivity contribution in [2.24, 2.45) is 0 Å². The van der Waals surface area contributed by atoms with Crippen LogP contribution in [-0.2, 0) is 4.79 Å². The number of ether oxygens (including phenoxy) is 2. The zero-order valence-electron chi connectivity index (χ0n) is 13.9. The number of carbonyl (C=O) groups excluding carboxylic acids is 1. The molecule has 132 valence electrons. The lowest BCUT2D eigenvalue weighted by molar-refractivity contribution is -0.129. The van der Waals surface area contributed by atoms with Gasteiger partial charge in [0, 0.05) is 6.54 Å². The number of fused-ring (bicyclic) bond motifs is 1. The molecule has 2 aromatic rings. The van der Waals surface area contributed by atoms with Crippen LogP contribution in [0.1, 0.15) is 29.5 Å². The minimum absolute atomic E-state index is 0.111. The Labute approximate surface area is 154 Å². The van der Waals surface area contributed by atoms with E-state index in [-0.39, 0.29) is 11.9 Å². The average Bonchev–Trinajstić information content (AvgIpc) is 3.28. The molecule has 1 fully saturated rings. The highest BCUT2D eigenvalue weighted by atomic mass is 32.2. The molecule has 0 bridgehead atoms. The summed E-state index contributed by atoms with van der Waals surface area (Å²) in [5, 5.41) is 8.98. The van der Waals surface area contributed by atoms with Crippen LogP contribution >= 0.6 is 23.1 Å². The van der Waals surface area contributed by atoms with Crippen LogP contribution in [0, 0.1) is 6.92 Å². The zero-order valence-corrected chi connectivity index (χ0v) is 15.6. The lowest BCUT2D eigenvalue weighted by atomic mass is 10.0. The lowest BCUT2D eigenvalue weighted by Crippen LogP contribution is -2.32. The highest BCUT2D eigenvalue weighted by Crippen LogP contribution is 2.38. The van der Waals surface area contributed by atoms with E-state index in [0.29, 0.717) is 19.0 Å². The van der Waals surface area contributed by atoms with Gasteiger partial charge in [-0.25, -0.2) is 0 Å². The smallest absolute Gasteiger partial charge is 0.233 e. The van der Waals surface area contributed by atoms with Crippen molar-refractivity contribution in [1.82, 2.24) is 15.1 Å². The molecule has 25 heavy (non-hydrogen) atoms. The number of hydrogen-bond donors (Lipinski definition) is 0. The van der Waals surface area contributed by atoms with Gasteiger partial charge in [-0.15, -0.1) is 10.2 Å². The van der Waals surface area contributed by atoms with Crippen LogP contribution in [0.2, 0.25) is 0 Å². The maximum absolute atomic E-state index is 12.7. The summed E-state index contributed by atoms with van der Waals surface area (Å²) >= 11 is 2.99. The normalized spacial score (nSPS) is 19.2. The minimum Gasteiger partial charge on any atom is -0.486 e. The number of benzene rings is 1. The highest BCUT2D eigenvalue weighted by molar-refractivity contribution is 8.01. The van der Waals surface area contributed by atoms with Crippen molar-refractivity contribution in [1.29, 1.82) is 0 Å². The average molecular weight is 377 g/mol. The molecule has 0 aliphatic carbocycles. The van der Waals surface area contributed by atoms with Crippen molar-refractivity contribution in [3.05, 3.63) is 28.8 Å². The molecule has 0 radical (unpaired) electrons. The van der Waals surface area contributed by atoms with Gasteiger partial charge < -0.3 is 14.4 Å². The summed E-state index contributed by atoms with van der Waals surface area (Å²) in [5.41, 5.74) is 1.12. The first-order chi connectivity index (χ1) is 12.2. The number of likely N-dealkylation sites (tertiary alicyclic amines) is 1. The fourth-order valence-electron chi connectivity index (χ4n) is 3.22. The van der Waals surface area contributed by atoms with Gasteiger partial charge in [0.15, 0.2) is 15.8 Å². The summed E-state index contributed by atoms with van der Waals surface area (Å²) in [5.74, 6) is 2.11. The number of carbonyl (C=O) groups is 1. The molecule has 0 N–H and O–H groups in total. The van der Waals surface area contributed by atoms with Crippen molar-refractivity contribution in [3.63, 3.8) is 0 Å². The number of thioether (sulfide) groups is 1. The van der Waals surface area contributed by atoms with Gasteiger partial charge in [-0.1, -0.05) is 29.2 Å². The topological polar surface area (TPSA) is 64.6 Å². The van der Waals surface area contributed by atoms with Crippen molar-refractivity contribution in [2.45, 2.75) is 30.1 Å². The van der Waals surface area contributed by atoms with E-state index in [4.69, 9.17) is 9.47 Å². The standard InChI is InChI=1S/C17H19N3O3S2/c1-11-18-19-17(25-11)24-10-16(21)20-6-2-3-13(20)12-4-5-14-15(9-12)23-8-7-22-14/h4-5,9,13H,2-3,6-8,10H2,1H3. The Morgan fingerprint density at radius 3 is 2.96 bits per heavy atom. The zero-order chi connectivity index (χ0) is 17.2. The summed E-state index contributed by atoms with van der Waals surface area (Å²) in [4.78, 5) is 14.7. The van der Waals surface area contributed by atoms with E-state index in [1.54, 1.807) is 0 Å². The maximum atomic E-state index is 12.7. The Bertz CT molecular complexity index is 780. The highest BCUT2D eigenvalue weighted by Gasteiger charge is 2.30. The van der Waals surface area contributed by atoms with Crippen molar-refractivity contribution in [2.75, 3.05) is 25.5 Å². The Balaban J connectivity index is 1.45. The largest absolute Gasteiger partial charge is 0.486 e. The van der Waals surface area contributed by atoms with Crippen LogP contribution in [0.15, 0.2) is 22.5 Å². The van der Waals surface area contributed by atoms with E-state index >= 15 is 0 Å². The van der Waals surface area contributed by atoms with Crippen LogP contribution in [-0.4, -0.2) is 46.5 Å².